The summed E-state index contributed by atoms with van der Waals surface area (Å²) in [5.41, 5.74) is 0.0308. The maximum Gasteiger partial charge on any atom is 0.405 e. The number of carboxylic acid groups (broad SMARTS) is 1. The summed E-state index contributed by atoms with van der Waals surface area (Å²) in [7, 11) is 0. The Morgan fingerprint density at radius 3 is 2.33 bits per heavy atom. The number of amides is 2. The smallest absolute Gasteiger partial charge is 0.405 e. The van der Waals surface area contributed by atoms with Crippen molar-refractivity contribution in [3.63, 3.8) is 0 Å². The molecule has 1 aromatic heterocycles. The predicted octanol–water partition coefficient (Wildman–Crippen LogP) is 3.47. The van der Waals surface area contributed by atoms with Crippen LogP contribution in [0.1, 0.15) is 92.0 Å². The van der Waals surface area contributed by atoms with Crippen LogP contribution in [0.2, 0.25) is 0 Å². The van der Waals surface area contributed by atoms with Crippen molar-refractivity contribution in [2.45, 2.75) is 91.2 Å². The zero-order chi connectivity index (χ0) is 23.0. The van der Waals surface area contributed by atoms with Gasteiger partial charge in [-0.2, -0.15) is 0 Å². The van der Waals surface area contributed by atoms with Crippen molar-refractivity contribution in [3.05, 3.63) is 23.3 Å². The Morgan fingerprint density at radius 1 is 1.09 bits per heavy atom. The summed E-state index contributed by atoms with van der Waals surface area (Å²) >= 11 is 2.24. The molecule has 4 bridgehead atoms. The van der Waals surface area contributed by atoms with Gasteiger partial charge in [0, 0.05) is 22.1 Å². The molecule has 8 nitrogen and oxygen atoms in total. The van der Waals surface area contributed by atoms with Crippen LogP contribution in [0, 0.1) is 17.8 Å². The second-order valence-corrected chi connectivity index (χ2v) is 12.7. The van der Waals surface area contributed by atoms with Gasteiger partial charge in [-0.1, -0.05) is 35.4 Å². The Labute approximate surface area is 206 Å². The van der Waals surface area contributed by atoms with Crippen LogP contribution in [-0.4, -0.2) is 47.7 Å². The van der Waals surface area contributed by atoms with Gasteiger partial charge in [0.05, 0.1) is 16.9 Å². The maximum atomic E-state index is 13.5. The molecule has 0 spiro atoms. The lowest BCUT2D eigenvalue weighted by atomic mass is 9.52. The lowest BCUT2D eigenvalue weighted by Crippen LogP contribution is -2.61. The van der Waals surface area contributed by atoms with Crippen LogP contribution in [0.25, 0.3) is 0 Å². The van der Waals surface area contributed by atoms with Gasteiger partial charge in [0.2, 0.25) is 0 Å². The van der Waals surface area contributed by atoms with Crippen molar-refractivity contribution in [1.29, 1.82) is 0 Å². The van der Waals surface area contributed by atoms with E-state index in [-0.39, 0.29) is 21.8 Å². The SMILES string of the molecule is O=C(O)NC1(c2ncc(C(=O)NC3C4CC5CC3CC(O)(C5)C4)c(C3CCCC3)n2)CC1I. The Balaban J connectivity index is 1.28. The summed E-state index contributed by atoms with van der Waals surface area (Å²) in [5.74, 6) is 1.86. The number of alkyl halides is 1. The van der Waals surface area contributed by atoms with Gasteiger partial charge in [0.15, 0.2) is 5.82 Å². The van der Waals surface area contributed by atoms with Gasteiger partial charge >= 0.3 is 6.09 Å². The minimum Gasteiger partial charge on any atom is -0.465 e. The van der Waals surface area contributed by atoms with Crippen molar-refractivity contribution in [2.75, 3.05) is 0 Å². The number of aromatic nitrogens is 2. The monoisotopic (exact) mass is 566 g/mol. The van der Waals surface area contributed by atoms with E-state index in [1.807, 2.05) is 0 Å². The average Bonchev–Trinajstić information content (AvgIpc) is 3.14. The van der Waals surface area contributed by atoms with Gasteiger partial charge in [-0.25, -0.2) is 14.8 Å². The first-order valence-electron chi connectivity index (χ1n) is 12.3. The fourth-order valence-electron chi connectivity index (χ4n) is 7.57. The van der Waals surface area contributed by atoms with Crippen molar-refractivity contribution >= 4 is 34.6 Å². The van der Waals surface area contributed by atoms with E-state index in [9.17, 15) is 19.8 Å². The highest BCUT2D eigenvalue weighted by Gasteiger charge is 2.58. The van der Waals surface area contributed by atoms with E-state index in [2.05, 4.69) is 38.2 Å². The highest BCUT2D eigenvalue weighted by Crippen LogP contribution is 2.56. The molecule has 4 atom stereocenters. The molecule has 6 aliphatic carbocycles. The van der Waals surface area contributed by atoms with Crippen molar-refractivity contribution < 1.29 is 19.8 Å². The third-order valence-electron chi connectivity index (χ3n) is 8.95. The minimum absolute atomic E-state index is 0.0983. The first-order valence-corrected chi connectivity index (χ1v) is 13.6. The third-order valence-corrected chi connectivity index (χ3v) is 10.5. The molecular formula is C24H31IN4O4. The highest BCUT2D eigenvalue weighted by molar-refractivity contribution is 14.1. The zero-order valence-corrected chi connectivity index (χ0v) is 20.8. The van der Waals surface area contributed by atoms with Crippen molar-refractivity contribution in [3.8, 4) is 0 Å². The maximum absolute atomic E-state index is 13.5. The van der Waals surface area contributed by atoms with Crippen LogP contribution in [0.5, 0.6) is 0 Å². The van der Waals surface area contributed by atoms with Crippen LogP contribution >= 0.6 is 22.6 Å². The van der Waals surface area contributed by atoms with Gasteiger partial charge in [0.1, 0.15) is 5.54 Å². The largest absolute Gasteiger partial charge is 0.465 e. The van der Waals surface area contributed by atoms with E-state index in [0.717, 1.165) is 63.5 Å². The Kier molecular flexibility index (Phi) is 5.18. The van der Waals surface area contributed by atoms with Crippen LogP contribution in [-0.2, 0) is 5.54 Å². The summed E-state index contributed by atoms with van der Waals surface area (Å²) < 4.78 is 0.0983. The topological polar surface area (TPSA) is 124 Å². The standard InChI is InChI=1S/C24H31IN4O4/c25-17-10-24(17,29-22(31)32)21-26-11-16(19(28-21)13-3-1-2-4-13)20(30)27-18-14-5-12-6-15(18)9-23(33,7-12)8-14/h11-15,17-18,29,33H,1-10H2,(H,27,30)(H,31,32). The van der Waals surface area contributed by atoms with Crippen LogP contribution in [0.4, 0.5) is 4.79 Å². The fourth-order valence-corrected chi connectivity index (χ4v) is 8.70. The second kappa shape index (κ2) is 7.76. The molecule has 33 heavy (non-hydrogen) atoms. The number of nitrogens with zero attached hydrogens (tertiary/aromatic N) is 2. The minimum atomic E-state index is -1.08. The number of rotatable bonds is 5. The second-order valence-electron chi connectivity index (χ2n) is 11.2. The van der Waals surface area contributed by atoms with Gasteiger partial charge in [-0.15, -0.1) is 0 Å². The number of halogens is 1. The van der Waals surface area contributed by atoms with E-state index in [0.29, 0.717) is 35.6 Å². The first kappa shape index (κ1) is 22.0. The summed E-state index contributed by atoms with van der Waals surface area (Å²) in [6.07, 6.45) is 10.1. The van der Waals surface area contributed by atoms with Crippen LogP contribution in [0.15, 0.2) is 6.20 Å². The van der Waals surface area contributed by atoms with Gasteiger partial charge < -0.3 is 20.8 Å². The molecular weight excluding hydrogens is 535 g/mol. The molecule has 0 aliphatic heterocycles. The van der Waals surface area contributed by atoms with E-state index in [1.54, 1.807) is 6.20 Å². The highest BCUT2D eigenvalue weighted by atomic mass is 127. The van der Waals surface area contributed by atoms with Crippen LogP contribution in [0.3, 0.4) is 0 Å². The van der Waals surface area contributed by atoms with E-state index in [4.69, 9.17) is 4.98 Å². The molecule has 0 saturated heterocycles. The number of aliphatic hydroxyl groups is 1. The van der Waals surface area contributed by atoms with E-state index < -0.39 is 17.2 Å². The molecule has 6 fully saturated rings. The zero-order valence-electron chi connectivity index (χ0n) is 18.6. The Bertz CT molecular complexity index is 983. The van der Waals surface area contributed by atoms with Crippen molar-refractivity contribution in [2.24, 2.45) is 17.8 Å². The molecule has 0 radical (unpaired) electrons. The first-order chi connectivity index (χ1) is 15.8. The van der Waals surface area contributed by atoms with Gasteiger partial charge in [-0.05, 0) is 69.1 Å². The normalized spacial score (nSPS) is 41.2. The van der Waals surface area contributed by atoms with E-state index >= 15 is 0 Å². The summed E-state index contributed by atoms with van der Waals surface area (Å²) in [5, 5.41) is 26.2. The summed E-state index contributed by atoms with van der Waals surface area (Å²) in [6, 6.07) is 0.104. The molecule has 1 aromatic rings. The fraction of sp³-hybridized carbons (Fsp3) is 0.750. The van der Waals surface area contributed by atoms with Crippen molar-refractivity contribution in [1.82, 2.24) is 20.6 Å². The van der Waals surface area contributed by atoms with E-state index in [1.165, 1.54) is 0 Å². The van der Waals surface area contributed by atoms with Gasteiger partial charge in [0.25, 0.3) is 5.91 Å². The molecule has 0 aromatic carbocycles. The predicted molar refractivity (Wildman–Crippen MR) is 128 cm³/mol. The molecule has 4 N–H and O–H groups in total. The molecule has 6 aliphatic rings. The summed E-state index contributed by atoms with van der Waals surface area (Å²) in [6.45, 7) is 0. The molecule has 2 amide bonds. The molecule has 178 valence electrons. The number of hydrogen-bond donors (Lipinski definition) is 4. The number of carbonyl (C=O) groups excluding carboxylic acids is 1. The number of nitrogens with one attached hydrogen (secondary N) is 2. The number of hydrogen-bond acceptors (Lipinski definition) is 5. The van der Waals surface area contributed by atoms with Crippen LogP contribution < -0.4 is 10.6 Å². The molecule has 4 unspecified atom stereocenters. The molecule has 9 heteroatoms. The average molecular weight is 566 g/mol. The molecule has 1 heterocycles. The quantitative estimate of drug-likeness (QED) is 0.320. The molecule has 7 rings (SSSR count). The van der Waals surface area contributed by atoms with Gasteiger partial charge in [-0.3, -0.25) is 4.79 Å². The third kappa shape index (κ3) is 3.73. The number of carbonyl (C=O) groups is 2. The Hall–Kier alpha value is -1.49. The summed E-state index contributed by atoms with van der Waals surface area (Å²) in [4.78, 5) is 34.3. The lowest BCUT2D eigenvalue weighted by Gasteiger charge is -2.58. The Morgan fingerprint density at radius 2 is 1.76 bits per heavy atom. The molecule has 6 saturated carbocycles. The lowest BCUT2D eigenvalue weighted by molar-refractivity contribution is -0.136.